The van der Waals surface area contributed by atoms with E-state index >= 15 is 0 Å². The Bertz CT molecular complexity index is 456. The molecule has 1 aliphatic rings. The van der Waals surface area contributed by atoms with Crippen LogP contribution in [0, 0.1) is 10.1 Å². The van der Waals surface area contributed by atoms with Crippen molar-refractivity contribution in [2.45, 2.75) is 12.8 Å². The number of nitrogens with one attached hydrogen (secondary N) is 1. The van der Waals surface area contributed by atoms with E-state index in [-0.39, 0.29) is 29.5 Å². The fraction of sp³-hybridized carbons (Fsp3) is 0.222. The first kappa shape index (κ1) is 9.45. The summed E-state index contributed by atoms with van der Waals surface area (Å²) in [7, 11) is 0. The number of fused-ring (bicyclic) bond motifs is 1. The lowest BCUT2D eigenvalue weighted by Gasteiger charge is -2.16. The van der Waals surface area contributed by atoms with Gasteiger partial charge in [-0.25, -0.2) is 0 Å². The maximum atomic E-state index is 11.1. The van der Waals surface area contributed by atoms with E-state index in [0.717, 1.165) is 6.07 Å². The number of nitrogens with zero attached hydrogens (tertiary/aromatic N) is 1. The van der Waals surface area contributed by atoms with Gasteiger partial charge in [0.1, 0.15) is 11.4 Å². The SMILES string of the molecule is O=C1CCc2cc(O)cc([N+](=O)[O-])c2N1. The summed E-state index contributed by atoms with van der Waals surface area (Å²) in [4.78, 5) is 21.1. The molecule has 6 heteroatoms. The molecule has 0 unspecified atom stereocenters. The van der Waals surface area contributed by atoms with Crippen LogP contribution in [0.25, 0.3) is 0 Å². The third-order valence-electron chi connectivity index (χ3n) is 2.27. The summed E-state index contributed by atoms with van der Waals surface area (Å²) < 4.78 is 0. The minimum absolute atomic E-state index is 0.156. The van der Waals surface area contributed by atoms with Crippen molar-refractivity contribution in [3.05, 3.63) is 27.8 Å². The molecule has 2 N–H and O–H groups in total. The Hall–Kier alpha value is -2.11. The number of nitro groups is 1. The summed E-state index contributed by atoms with van der Waals surface area (Å²) in [6, 6.07) is 2.46. The summed E-state index contributed by atoms with van der Waals surface area (Å²) in [6.45, 7) is 0. The molecule has 0 saturated heterocycles. The zero-order chi connectivity index (χ0) is 11.0. The van der Waals surface area contributed by atoms with E-state index in [0.29, 0.717) is 12.0 Å². The van der Waals surface area contributed by atoms with Crippen LogP contribution in [0.15, 0.2) is 12.1 Å². The molecule has 0 atom stereocenters. The summed E-state index contributed by atoms with van der Waals surface area (Å²) >= 11 is 0. The third-order valence-corrected chi connectivity index (χ3v) is 2.27. The van der Waals surface area contributed by atoms with E-state index in [9.17, 15) is 20.0 Å². The Balaban J connectivity index is 2.60. The van der Waals surface area contributed by atoms with Crippen LogP contribution in [0.4, 0.5) is 11.4 Å². The fourth-order valence-electron chi connectivity index (χ4n) is 1.60. The van der Waals surface area contributed by atoms with Crippen LogP contribution >= 0.6 is 0 Å². The fourth-order valence-corrected chi connectivity index (χ4v) is 1.60. The number of nitro benzene ring substituents is 1. The Kier molecular flexibility index (Phi) is 2.03. The molecule has 15 heavy (non-hydrogen) atoms. The number of carbonyl (C=O) groups excluding carboxylic acids is 1. The molecule has 0 aromatic heterocycles. The van der Waals surface area contributed by atoms with Gasteiger partial charge in [0.05, 0.1) is 11.0 Å². The van der Waals surface area contributed by atoms with Gasteiger partial charge in [0.25, 0.3) is 5.69 Å². The lowest BCUT2D eigenvalue weighted by molar-refractivity contribution is -0.384. The number of benzene rings is 1. The number of amides is 1. The van der Waals surface area contributed by atoms with Gasteiger partial charge in [-0.1, -0.05) is 0 Å². The summed E-state index contributed by atoms with van der Waals surface area (Å²) in [5, 5.41) is 22.4. The normalized spacial score (nSPS) is 14.3. The van der Waals surface area contributed by atoms with Crippen molar-refractivity contribution in [2.24, 2.45) is 0 Å². The number of phenols is 1. The molecule has 2 rings (SSSR count). The maximum Gasteiger partial charge on any atom is 0.296 e. The first-order valence-corrected chi connectivity index (χ1v) is 4.38. The highest BCUT2D eigenvalue weighted by Crippen LogP contribution is 2.35. The summed E-state index contributed by atoms with van der Waals surface area (Å²) in [6.07, 6.45) is 0.698. The predicted octanol–water partition coefficient (Wildman–Crippen LogP) is 1.19. The van der Waals surface area contributed by atoms with E-state index in [1.165, 1.54) is 6.07 Å². The molecular formula is C9H8N2O4. The highest BCUT2D eigenvalue weighted by atomic mass is 16.6. The van der Waals surface area contributed by atoms with Crippen LogP contribution in [0.5, 0.6) is 5.75 Å². The molecule has 1 aromatic rings. The smallest absolute Gasteiger partial charge is 0.296 e. The van der Waals surface area contributed by atoms with Crippen LogP contribution in [0.3, 0.4) is 0 Å². The molecule has 0 spiro atoms. The molecular weight excluding hydrogens is 200 g/mol. The first-order valence-electron chi connectivity index (χ1n) is 4.38. The van der Waals surface area contributed by atoms with Crippen molar-refractivity contribution in [1.29, 1.82) is 0 Å². The van der Waals surface area contributed by atoms with Gasteiger partial charge in [-0.2, -0.15) is 0 Å². The minimum Gasteiger partial charge on any atom is -0.508 e. The van der Waals surface area contributed by atoms with Gasteiger partial charge in [0, 0.05) is 6.42 Å². The third kappa shape index (κ3) is 1.61. The van der Waals surface area contributed by atoms with Gasteiger partial charge >= 0.3 is 0 Å². The standard InChI is InChI=1S/C9H8N2O4/c12-6-3-5-1-2-8(13)10-9(5)7(4-6)11(14)15/h3-4,12H,1-2H2,(H,10,13). The Labute approximate surface area is 84.7 Å². The number of hydrogen-bond donors (Lipinski definition) is 2. The maximum absolute atomic E-state index is 11.1. The molecule has 1 heterocycles. The van der Waals surface area contributed by atoms with Gasteiger partial charge in [-0.15, -0.1) is 0 Å². The zero-order valence-corrected chi connectivity index (χ0v) is 7.69. The first-order chi connectivity index (χ1) is 7.08. The molecule has 1 amide bonds. The zero-order valence-electron chi connectivity index (χ0n) is 7.69. The average Bonchev–Trinajstić information content (AvgIpc) is 2.17. The minimum atomic E-state index is -0.621. The van der Waals surface area contributed by atoms with Crippen molar-refractivity contribution in [3.8, 4) is 5.75 Å². The van der Waals surface area contributed by atoms with Gasteiger partial charge in [-0.05, 0) is 18.1 Å². The topological polar surface area (TPSA) is 92.5 Å². The Morgan fingerprint density at radius 1 is 1.40 bits per heavy atom. The van der Waals surface area contributed by atoms with E-state index in [2.05, 4.69) is 5.32 Å². The van der Waals surface area contributed by atoms with Crippen LogP contribution < -0.4 is 5.32 Å². The highest BCUT2D eigenvalue weighted by molar-refractivity contribution is 5.96. The van der Waals surface area contributed by atoms with Crippen LogP contribution in [-0.2, 0) is 11.2 Å². The van der Waals surface area contributed by atoms with Crippen molar-refractivity contribution in [3.63, 3.8) is 0 Å². The van der Waals surface area contributed by atoms with Gasteiger partial charge in [0.15, 0.2) is 0 Å². The van der Waals surface area contributed by atoms with E-state index in [1.54, 1.807) is 0 Å². The summed E-state index contributed by atoms with van der Waals surface area (Å²) in [5.41, 5.74) is 0.536. The van der Waals surface area contributed by atoms with E-state index in [1.807, 2.05) is 0 Å². The summed E-state index contributed by atoms with van der Waals surface area (Å²) in [5.74, 6) is -0.395. The molecule has 0 radical (unpaired) electrons. The van der Waals surface area contributed by atoms with Crippen molar-refractivity contribution >= 4 is 17.3 Å². The predicted molar refractivity (Wildman–Crippen MR) is 51.7 cm³/mol. The van der Waals surface area contributed by atoms with Crippen LogP contribution in [0.2, 0.25) is 0 Å². The number of phenolic OH excluding ortho intramolecular Hbond substituents is 1. The number of anilines is 1. The van der Waals surface area contributed by atoms with Crippen molar-refractivity contribution < 1.29 is 14.8 Å². The monoisotopic (exact) mass is 208 g/mol. The lowest BCUT2D eigenvalue weighted by atomic mass is 10.0. The molecule has 0 fully saturated rings. The van der Waals surface area contributed by atoms with Gasteiger partial charge in [-0.3, -0.25) is 14.9 Å². The number of aromatic hydroxyl groups is 1. The van der Waals surface area contributed by atoms with E-state index in [4.69, 9.17) is 0 Å². The van der Waals surface area contributed by atoms with Crippen molar-refractivity contribution in [1.82, 2.24) is 0 Å². The van der Waals surface area contributed by atoms with Crippen LogP contribution in [-0.4, -0.2) is 15.9 Å². The lowest BCUT2D eigenvalue weighted by Crippen LogP contribution is -2.19. The number of carbonyl (C=O) groups is 1. The molecule has 1 aliphatic heterocycles. The van der Waals surface area contributed by atoms with Gasteiger partial charge < -0.3 is 10.4 Å². The van der Waals surface area contributed by atoms with Crippen LogP contribution in [0.1, 0.15) is 12.0 Å². The van der Waals surface area contributed by atoms with Crippen molar-refractivity contribution in [2.75, 3.05) is 5.32 Å². The number of hydrogen-bond acceptors (Lipinski definition) is 4. The largest absolute Gasteiger partial charge is 0.508 e. The van der Waals surface area contributed by atoms with E-state index < -0.39 is 4.92 Å². The number of rotatable bonds is 1. The molecule has 6 nitrogen and oxygen atoms in total. The molecule has 0 saturated carbocycles. The molecule has 78 valence electrons. The quantitative estimate of drug-likeness (QED) is 0.411. The second kappa shape index (κ2) is 3.23. The van der Waals surface area contributed by atoms with Gasteiger partial charge in [0.2, 0.25) is 5.91 Å². The highest BCUT2D eigenvalue weighted by Gasteiger charge is 2.24. The second-order valence-electron chi connectivity index (χ2n) is 3.30. The Morgan fingerprint density at radius 2 is 2.13 bits per heavy atom. The molecule has 0 aliphatic carbocycles. The average molecular weight is 208 g/mol. The molecule has 0 bridgehead atoms. The second-order valence-corrected chi connectivity index (χ2v) is 3.30. The number of aryl methyl sites for hydroxylation is 1. The molecule has 1 aromatic carbocycles. The Morgan fingerprint density at radius 3 is 2.80 bits per heavy atom.